The molecule has 0 atom stereocenters. The number of methoxy groups -OCH3 is 3. The van der Waals surface area contributed by atoms with Gasteiger partial charge in [0.25, 0.3) is 0 Å². The lowest BCUT2D eigenvalue weighted by molar-refractivity contribution is 0.324. The van der Waals surface area contributed by atoms with Crippen LogP contribution >= 0.6 is 11.3 Å². The molecule has 0 radical (unpaired) electrons. The number of hydrogen-bond acceptors (Lipinski definition) is 7. The summed E-state index contributed by atoms with van der Waals surface area (Å²) in [5.74, 6) is 1.76. The van der Waals surface area contributed by atoms with E-state index in [2.05, 4.69) is 4.98 Å². The fourth-order valence-electron chi connectivity index (χ4n) is 2.72. The van der Waals surface area contributed by atoms with Gasteiger partial charge >= 0.3 is 0 Å². The van der Waals surface area contributed by atoms with Crippen molar-refractivity contribution in [3.63, 3.8) is 0 Å². The van der Waals surface area contributed by atoms with Gasteiger partial charge in [-0.15, -0.1) is 11.3 Å². The van der Waals surface area contributed by atoms with Crippen molar-refractivity contribution in [3.8, 4) is 17.2 Å². The number of aryl methyl sites for hydroxylation is 1. The molecule has 0 amide bonds. The van der Waals surface area contributed by atoms with Crippen LogP contribution in [-0.4, -0.2) is 43.8 Å². The maximum absolute atomic E-state index is 10.4. The quantitative estimate of drug-likeness (QED) is 0.850. The van der Waals surface area contributed by atoms with E-state index >= 15 is 0 Å². The highest BCUT2D eigenvalue weighted by molar-refractivity contribution is 7.11. The van der Waals surface area contributed by atoms with E-state index in [1.54, 1.807) is 17.0 Å². The van der Waals surface area contributed by atoms with E-state index in [4.69, 9.17) is 19.6 Å². The van der Waals surface area contributed by atoms with Crippen molar-refractivity contribution in [1.29, 1.82) is 5.41 Å². The highest BCUT2D eigenvalue weighted by atomic mass is 32.1. The normalized spacial score (nSPS) is 14.2. The van der Waals surface area contributed by atoms with E-state index in [0.717, 1.165) is 5.69 Å². The largest absolute Gasteiger partial charge is 0.510 e. The fraction of sp³-hybridized carbons (Fsp3) is 0.294. The number of nitrogens with one attached hydrogen (secondary N) is 1. The molecule has 0 fully saturated rings. The number of amidine groups is 1. The Morgan fingerprint density at radius 2 is 1.80 bits per heavy atom. The third-order valence-electron chi connectivity index (χ3n) is 3.90. The maximum Gasteiger partial charge on any atom is 0.203 e. The van der Waals surface area contributed by atoms with Gasteiger partial charge < -0.3 is 24.2 Å². The lowest BCUT2D eigenvalue weighted by Crippen LogP contribution is -2.26. The molecule has 3 rings (SSSR count). The Hall–Kier alpha value is -2.74. The summed E-state index contributed by atoms with van der Waals surface area (Å²) in [6, 6.07) is 3.50. The van der Waals surface area contributed by atoms with Crippen LogP contribution in [0.2, 0.25) is 0 Å². The predicted octanol–water partition coefficient (Wildman–Crippen LogP) is 3.24. The van der Waals surface area contributed by atoms with Crippen molar-refractivity contribution in [1.82, 2.24) is 4.98 Å². The molecular formula is C17H19N3O4S. The SMILES string of the molecule is COc1cc(N2CC(O)=C(c3nc(C)cs3)C2=N)cc(OC)c1OC. The Balaban J connectivity index is 2.00. The monoisotopic (exact) mass is 361 g/mol. The number of ether oxygens (including phenoxy) is 3. The summed E-state index contributed by atoms with van der Waals surface area (Å²) in [7, 11) is 4.61. The number of anilines is 1. The number of aromatic nitrogens is 1. The van der Waals surface area contributed by atoms with E-state index in [1.807, 2.05) is 12.3 Å². The number of thiazole rings is 1. The van der Waals surface area contributed by atoms with Crippen LogP contribution in [0.25, 0.3) is 5.57 Å². The van der Waals surface area contributed by atoms with E-state index in [9.17, 15) is 5.11 Å². The molecule has 1 aromatic heterocycles. The Kier molecular flexibility index (Phi) is 4.54. The highest BCUT2D eigenvalue weighted by Crippen LogP contribution is 2.43. The summed E-state index contributed by atoms with van der Waals surface area (Å²) < 4.78 is 16.1. The van der Waals surface area contributed by atoms with Crippen molar-refractivity contribution in [3.05, 3.63) is 34.0 Å². The average molecular weight is 361 g/mol. The lowest BCUT2D eigenvalue weighted by atomic mass is 10.2. The van der Waals surface area contributed by atoms with Crippen LogP contribution in [0.4, 0.5) is 5.69 Å². The first kappa shape index (κ1) is 17.1. The van der Waals surface area contributed by atoms with Crippen LogP contribution in [0.3, 0.4) is 0 Å². The zero-order valence-corrected chi connectivity index (χ0v) is 15.2. The number of rotatable bonds is 5. The molecule has 0 saturated heterocycles. The number of hydrogen-bond donors (Lipinski definition) is 2. The van der Waals surface area contributed by atoms with Crippen molar-refractivity contribution in [2.75, 3.05) is 32.8 Å². The second kappa shape index (κ2) is 6.64. The first-order valence-electron chi connectivity index (χ1n) is 7.51. The molecule has 0 spiro atoms. The number of benzene rings is 1. The van der Waals surface area contributed by atoms with Gasteiger partial charge in [-0.3, -0.25) is 5.41 Å². The van der Waals surface area contributed by atoms with Crippen LogP contribution in [0, 0.1) is 12.3 Å². The van der Waals surface area contributed by atoms with Gasteiger partial charge in [0.15, 0.2) is 11.5 Å². The molecule has 0 aliphatic carbocycles. The second-order valence-corrected chi connectivity index (χ2v) is 6.29. The van der Waals surface area contributed by atoms with Crippen LogP contribution in [0.1, 0.15) is 10.7 Å². The molecule has 2 aromatic rings. The Morgan fingerprint density at radius 3 is 2.28 bits per heavy atom. The first-order valence-corrected chi connectivity index (χ1v) is 8.39. The minimum Gasteiger partial charge on any atom is -0.510 e. The molecule has 1 aliphatic rings. The molecule has 1 aromatic carbocycles. The van der Waals surface area contributed by atoms with Gasteiger partial charge in [0.1, 0.15) is 16.6 Å². The summed E-state index contributed by atoms with van der Waals surface area (Å²) in [4.78, 5) is 6.05. The molecule has 2 heterocycles. The first-order chi connectivity index (χ1) is 12.0. The van der Waals surface area contributed by atoms with Crippen LogP contribution in [0.5, 0.6) is 17.2 Å². The van der Waals surface area contributed by atoms with Gasteiger partial charge in [-0.05, 0) is 6.92 Å². The summed E-state index contributed by atoms with van der Waals surface area (Å²) in [6.07, 6.45) is 0. The summed E-state index contributed by atoms with van der Waals surface area (Å²) >= 11 is 1.41. The minimum atomic E-state index is 0.119. The van der Waals surface area contributed by atoms with E-state index < -0.39 is 0 Å². The van der Waals surface area contributed by atoms with Crippen molar-refractivity contribution in [2.45, 2.75) is 6.92 Å². The molecule has 7 nitrogen and oxygen atoms in total. The molecular weight excluding hydrogens is 342 g/mol. The molecule has 0 saturated carbocycles. The third-order valence-corrected chi connectivity index (χ3v) is 4.87. The molecule has 132 valence electrons. The maximum atomic E-state index is 10.4. The molecule has 0 bridgehead atoms. The minimum absolute atomic E-state index is 0.119. The zero-order valence-electron chi connectivity index (χ0n) is 14.4. The van der Waals surface area contributed by atoms with E-state index in [1.165, 1.54) is 32.7 Å². The van der Waals surface area contributed by atoms with E-state index in [-0.39, 0.29) is 18.1 Å². The zero-order chi connectivity index (χ0) is 18.1. The van der Waals surface area contributed by atoms with Crippen LogP contribution < -0.4 is 19.1 Å². The van der Waals surface area contributed by atoms with Crippen molar-refractivity contribution >= 4 is 28.4 Å². The summed E-state index contributed by atoms with van der Waals surface area (Å²) in [5.41, 5.74) is 1.97. The van der Waals surface area contributed by atoms with E-state index in [0.29, 0.717) is 33.5 Å². The highest BCUT2D eigenvalue weighted by Gasteiger charge is 2.32. The van der Waals surface area contributed by atoms with Gasteiger partial charge in [0.05, 0.1) is 39.1 Å². The molecule has 1 aliphatic heterocycles. The van der Waals surface area contributed by atoms with Crippen LogP contribution in [-0.2, 0) is 0 Å². The number of aliphatic hydroxyl groups is 1. The van der Waals surface area contributed by atoms with Gasteiger partial charge in [0.2, 0.25) is 5.75 Å². The average Bonchev–Trinajstić information content (AvgIpc) is 3.15. The molecule has 0 unspecified atom stereocenters. The van der Waals surface area contributed by atoms with Gasteiger partial charge in [-0.25, -0.2) is 4.98 Å². The predicted molar refractivity (Wildman–Crippen MR) is 97.6 cm³/mol. The lowest BCUT2D eigenvalue weighted by Gasteiger charge is -2.21. The van der Waals surface area contributed by atoms with Crippen molar-refractivity contribution in [2.24, 2.45) is 0 Å². The fourth-order valence-corrected chi connectivity index (χ4v) is 3.58. The molecule has 8 heteroatoms. The topological polar surface area (TPSA) is 87.9 Å². The second-order valence-electron chi connectivity index (χ2n) is 5.43. The number of aliphatic hydroxyl groups excluding tert-OH is 1. The smallest absolute Gasteiger partial charge is 0.203 e. The third kappa shape index (κ3) is 2.89. The van der Waals surface area contributed by atoms with Crippen molar-refractivity contribution < 1.29 is 19.3 Å². The van der Waals surface area contributed by atoms with Crippen LogP contribution in [0.15, 0.2) is 23.3 Å². The summed E-state index contributed by atoms with van der Waals surface area (Å²) in [5, 5.41) is 21.4. The summed E-state index contributed by atoms with van der Waals surface area (Å²) in [6.45, 7) is 2.07. The van der Waals surface area contributed by atoms with Gasteiger partial charge in [-0.1, -0.05) is 0 Å². The number of nitrogens with zero attached hydrogens (tertiary/aromatic N) is 2. The van der Waals surface area contributed by atoms with Gasteiger partial charge in [0, 0.05) is 23.2 Å². The molecule has 2 N–H and O–H groups in total. The Morgan fingerprint density at radius 1 is 1.16 bits per heavy atom. The Bertz CT molecular complexity index is 834. The Labute approximate surface area is 149 Å². The van der Waals surface area contributed by atoms with Gasteiger partial charge in [-0.2, -0.15) is 0 Å². The molecule has 25 heavy (non-hydrogen) atoms. The standard InChI is InChI=1S/C17H19N3O4S/c1-9-8-25-17(19-9)14-11(21)7-20(16(14)18)10-5-12(22-2)15(24-4)13(6-10)23-3/h5-6,8,18,21H,7H2,1-4H3.